The van der Waals surface area contributed by atoms with Gasteiger partial charge in [-0.2, -0.15) is 0 Å². The zero-order valence-corrected chi connectivity index (χ0v) is 13.1. The first kappa shape index (κ1) is 14.7. The van der Waals surface area contributed by atoms with Crippen LogP contribution in [0.15, 0.2) is 53.0 Å². The SMILES string of the molecule is CCN(CCOc1cccc(Br)c1)c1ccc(N)cc1. The molecule has 3 nitrogen and oxygen atoms in total. The lowest BCUT2D eigenvalue weighted by Crippen LogP contribution is -2.28. The molecule has 2 rings (SSSR count). The van der Waals surface area contributed by atoms with Crippen LogP contribution in [-0.2, 0) is 0 Å². The molecule has 0 saturated carbocycles. The molecule has 106 valence electrons. The summed E-state index contributed by atoms with van der Waals surface area (Å²) in [5.74, 6) is 0.882. The molecular weight excluding hydrogens is 316 g/mol. The van der Waals surface area contributed by atoms with Crippen LogP contribution in [0.5, 0.6) is 5.75 Å². The molecule has 0 heterocycles. The number of nitrogens with zero attached hydrogens (tertiary/aromatic N) is 1. The van der Waals surface area contributed by atoms with E-state index in [1.165, 1.54) is 5.69 Å². The highest BCUT2D eigenvalue weighted by Gasteiger charge is 2.04. The molecule has 0 aromatic heterocycles. The molecule has 0 bridgehead atoms. The highest BCUT2D eigenvalue weighted by Crippen LogP contribution is 2.19. The number of ether oxygens (including phenoxy) is 1. The van der Waals surface area contributed by atoms with Crippen molar-refractivity contribution in [2.45, 2.75) is 6.92 Å². The van der Waals surface area contributed by atoms with Crippen molar-refractivity contribution in [3.63, 3.8) is 0 Å². The standard InChI is InChI=1S/C16H19BrN2O/c1-2-19(15-8-6-14(18)7-9-15)10-11-20-16-5-3-4-13(17)12-16/h3-9,12H,2,10-11,18H2,1H3. The van der Waals surface area contributed by atoms with Gasteiger partial charge in [-0.3, -0.25) is 0 Å². The summed E-state index contributed by atoms with van der Waals surface area (Å²) in [4.78, 5) is 2.26. The van der Waals surface area contributed by atoms with Gasteiger partial charge in [-0.25, -0.2) is 0 Å². The molecule has 2 N–H and O–H groups in total. The average Bonchev–Trinajstić information content (AvgIpc) is 2.45. The molecule has 0 aliphatic rings. The number of halogens is 1. The van der Waals surface area contributed by atoms with Crippen LogP contribution >= 0.6 is 15.9 Å². The van der Waals surface area contributed by atoms with E-state index in [4.69, 9.17) is 10.5 Å². The fourth-order valence-electron chi connectivity index (χ4n) is 1.99. The first-order chi connectivity index (χ1) is 9.69. The molecule has 0 saturated heterocycles. The Balaban J connectivity index is 1.89. The molecular formula is C16H19BrN2O. The lowest BCUT2D eigenvalue weighted by Gasteiger charge is -2.23. The number of likely N-dealkylation sites (N-methyl/N-ethyl adjacent to an activating group) is 1. The molecule has 2 aromatic rings. The Morgan fingerprint density at radius 1 is 1.15 bits per heavy atom. The van der Waals surface area contributed by atoms with Gasteiger partial charge in [0.1, 0.15) is 12.4 Å². The van der Waals surface area contributed by atoms with Crippen LogP contribution in [0.3, 0.4) is 0 Å². The molecule has 0 fully saturated rings. The van der Waals surface area contributed by atoms with Gasteiger partial charge < -0.3 is 15.4 Å². The van der Waals surface area contributed by atoms with E-state index in [0.29, 0.717) is 6.61 Å². The Morgan fingerprint density at radius 2 is 1.90 bits per heavy atom. The maximum atomic E-state index is 5.77. The maximum Gasteiger partial charge on any atom is 0.120 e. The van der Waals surface area contributed by atoms with E-state index in [-0.39, 0.29) is 0 Å². The smallest absolute Gasteiger partial charge is 0.120 e. The lowest BCUT2D eigenvalue weighted by molar-refractivity contribution is 0.324. The minimum absolute atomic E-state index is 0.647. The van der Waals surface area contributed by atoms with Crippen LogP contribution in [0.4, 0.5) is 11.4 Å². The van der Waals surface area contributed by atoms with Crippen molar-refractivity contribution in [1.29, 1.82) is 0 Å². The van der Waals surface area contributed by atoms with Crippen LogP contribution in [0.2, 0.25) is 0 Å². The zero-order chi connectivity index (χ0) is 14.4. The monoisotopic (exact) mass is 334 g/mol. The topological polar surface area (TPSA) is 38.5 Å². The summed E-state index contributed by atoms with van der Waals surface area (Å²) in [6.07, 6.45) is 0. The van der Waals surface area contributed by atoms with Gasteiger partial charge in [0.15, 0.2) is 0 Å². The summed E-state index contributed by atoms with van der Waals surface area (Å²) in [5, 5.41) is 0. The fraction of sp³-hybridized carbons (Fsp3) is 0.250. The van der Waals surface area contributed by atoms with Gasteiger partial charge >= 0.3 is 0 Å². The predicted molar refractivity (Wildman–Crippen MR) is 88.4 cm³/mol. The van der Waals surface area contributed by atoms with Crippen molar-refractivity contribution >= 4 is 27.3 Å². The van der Waals surface area contributed by atoms with Gasteiger partial charge in [-0.1, -0.05) is 22.0 Å². The van der Waals surface area contributed by atoms with Crippen LogP contribution in [0.1, 0.15) is 6.92 Å². The molecule has 0 radical (unpaired) electrons. The largest absolute Gasteiger partial charge is 0.492 e. The Labute approximate surface area is 128 Å². The number of anilines is 2. The Bertz CT molecular complexity index is 542. The molecule has 0 aliphatic carbocycles. The second-order valence-corrected chi connectivity index (χ2v) is 5.39. The second kappa shape index (κ2) is 7.20. The number of hydrogen-bond acceptors (Lipinski definition) is 3. The first-order valence-electron chi connectivity index (χ1n) is 6.68. The quantitative estimate of drug-likeness (QED) is 0.813. The number of rotatable bonds is 6. The fourth-order valence-corrected chi connectivity index (χ4v) is 2.36. The molecule has 2 aromatic carbocycles. The molecule has 4 heteroatoms. The zero-order valence-electron chi connectivity index (χ0n) is 11.6. The molecule has 0 unspecified atom stereocenters. The van der Waals surface area contributed by atoms with E-state index in [1.807, 2.05) is 48.5 Å². The van der Waals surface area contributed by atoms with Crippen LogP contribution in [-0.4, -0.2) is 19.7 Å². The van der Waals surface area contributed by atoms with E-state index < -0.39 is 0 Å². The third kappa shape index (κ3) is 4.17. The number of hydrogen-bond donors (Lipinski definition) is 1. The summed E-state index contributed by atoms with van der Waals surface area (Å²) >= 11 is 3.44. The summed E-state index contributed by atoms with van der Waals surface area (Å²) < 4.78 is 6.80. The predicted octanol–water partition coefficient (Wildman–Crippen LogP) is 3.94. The normalized spacial score (nSPS) is 10.3. The van der Waals surface area contributed by atoms with Crippen molar-refractivity contribution in [3.8, 4) is 5.75 Å². The van der Waals surface area contributed by atoms with Crippen molar-refractivity contribution in [2.24, 2.45) is 0 Å². The minimum Gasteiger partial charge on any atom is -0.492 e. The summed E-state index contributed by atoms with van der Waals surface area (Å²) in [6.45, 7) is 4.56. The van der Waals surface area contributed by atoms with Crippen LogP contribution in [0, 0.1) is 0 Å². The molecule has 0 aliphatic heterocycles. The van der Waals surface area contributed by atoms with Gasteiger partial charge in [0, 0.05) is 22.4 Å². The van der Waals surface area contributed by atoms with E-state index >= 15 is 0 Å². The summed E-state index contributed by atoms with van der Waals surface area (Å²) in [5.41, 5.74) is 7.66. The molecule has 0 atom stereocenters. The van der Waals surface area contributed by atoms with Crippen molar-refractivity contribution in [1.82, 2.24) is 0 Å². The highest BCUT2D eigenvalue weighted by molar-refractivity contribution is 9.10. The van der Waals surface area contributed by atoms with Gasteiger partial charge in [0.2, 0.25) is 0 Å². The first-order valence-corrected chi connectivity index (χ1v) is 7.47. The summed E-state index contributed by atoms with van der Waals surface area (Å²) in [7, 11) is 0. The molecule has 20 heavy (non-hydrogen) atoms. The maximum absolute atomic E-state index is 5.77. The lowest BCUT2D eigenvalue weighted by atomic mass is 10.2. The number of nitrogen functional groups attached to an aromatic ring is 1. The van der Waals surface area contributed by atoms with E-state index in [1.54, 1.807) is 0 Å². The Hall–Kier alpha value is -1.68. The Kier molecular flexibility index (Phi) is 5.30. The second-order valence-electron chi connectivity index (χ2n) is 4.48. The summed E-state index contributed by atoms with van der Waals surface area (Å²) in [6, 6.07) is 15.8. The van der Waals surface area contributed by atoms with Crippen molar-refractivity contribution in [3.05, 3.63) is 53.0 Å². The number of benzene rings is 2. The van der Waals surface area contributed by atoms with Gasteiger partial charge in [0.25, 0.3) is 0 Å². The average molecular weight is 335 g/mol. The van der Waals surface area contributed by atoms with Crippen molar-refractivity contribution < 1.29 is 4.74 Å². The third-order valence-corrected chi connectivity index (χ3v) is 3.56. The van der Waals surface area contributed by atoms with Crippen LogP contribution < -0.4 is 15.4 Å². The van der Waals surface area contributed by atoms with Gasteiger partial charge in [0.05, 0.1) is 6.54 Å². The minimum atomic E-state index is 0.647. The van der Waals surface area contributed by atoms with Gasteiger partial charge in [-0.05, 0) is 49.4 Å². The van der Waals surface area contributed by atoms with E-state index in [0.717, 1.165) is 29.0 Å². The molecule has 0 amide bonds. The van der Waals surface area contributed by atoms with Crippen molar-refractivity contribution in [2.75, 3.05) is 30.3 Å². The third-order valence-electron chi connectivity index (χ3n) is 3.07. The van der Waals surface area contributed by atoms with E-state index in [9.17, 15) is 0 Å². The molecule has 0 spiro atoms. The Morgan fingerprint density at radius 3 is 2.55 bits per heavy atom. The van der Waals surface area contributed by atoms with Gasteiger partial charge in [-0.15, -0.1) is 0 Å². The van der Waals surface area contributed by atoms with Crippen LogP contribution in [0.25, 0.3) is 0 Å². The highest BCUT2D eigenvalue weighted by atomic mass is 79.9. The number of nitrogens with two attached hydrogens (primary N) is 1. The van der Waals surface area contributed by atoms with E-state index in [2.05, 4.69) is 27.8 Å².